The van der Waals surface area contributed by atoms with Crippen LogP contribution in [-0.2, 0) is 14.6 Å². The highest BCUT2D eigenvalue weighted by molar-refractivity contribution is 7.90. The summed E-state index contributed by atoms with van der Waals surface area (Å²) in [6.07, 6.45) is 0.867. The minimum atomic E-state index is -3.27. The Morgan fingerprint density at radius 1 is 1.24 bits per heavy atom. The van der Waals surface area contributed by atoms with Gasteiger partial charge in [-0.05, 0) is 17.8 Å². The van der Waals surface area contributed by atoms with Crippen LogP contribution in [0.2, 0.25) is 0 Å². The quantitative estimate of drug-likeness (QED) is 0.613. The number of hydrogen-bond acceptors (Lipinski definition) is 4. The molecule has 0 aromatic carbocycles. The molecule has 0 spiro atoms. The molecule has 0 aliphatic carbocycles. The van der Waals surface area contributed by atoms with Crippen LogP contribution >= 0.6 is 0 Å². The molecule has 1 unspecified atom stereocenters. The number of carbonyl (C=O) groups is 2. The first-order valence-corrected chi connectivity index (χ1v) is 8.86. The highest BCUT2D eigenvalue weighted by Crippen LogP contribution is 2.24. The molecular weight excluding hydrogens is 296 g/mol. The van der Waals surface area contributed by atoms with Crippen molar-refractivity contribution in [3.8, 4) is 0 Å². The van der Waals surface area contributed by atoms with Crippen molar-refractivity contribution in [3.05, 3.63) is 0 Å². The summed E-state index contributed by atoms with van der Waals surface area (Å²) < 4.78 is 22.1. The maximum Gasteiger partial charge on any atom is 0.326 e. The van der Waals surface area contributed by atoms with Gasteiger partial charge in [0.25, 0.3) is 0 Å². The van der Waals surface area contributed by atoms with Gasteiger partial charge in [0.15, 0.2) is 0 Å². The Morgan fingerprint density at radius 3 is 2.14 bits per heavy atom. The zero-order chi connectivity index (χ0) is 16.8. The van der Waals surface area contributed by atoms with Crippen molar-refractivity contribution >= 4 is 21.8 Å². The maximum atomic E-state index is 11.7. The van der Waals surface area contributed by atoms with Crippen molar-refractivity contribution in [1.29, 1.82) is 0 Å². The Balaban J connectivity index is 4.46. The summed E-state index contributed by atoms with van der Waals surface area (Å²) in [6, 6.07) is -1.83. The van der Waals surface area contributed by atoms with Crippen molar-refractivity contribution in [3.63, 3.8) is 0 Å². The molecule has 0 rings (SSSR count). The molecule has 0 aliphatic heterocycles. The Bertz CT molecular complexity index is 471. The lowest BCUT2D eigenvalue weighted by Gasteiger charge is -2.29. The predicted molar refractivity (Wildman–Crippen MR) is 80.9 cm³/mol. The molecule has 1 atom stereocenters. The largest absolute Gasteiger partial charge is 0.480 e. The van der Waals surface area contributed by atoms with E-state index in [4.69, 9.17) is 5.11 Å². The fraction of sp³-hybridized carbons (Fsp3) is 0.846. The van der Waals surface area contributed by atoms with Gasteiger partial charge in [-0.1, -0.05) is 27.7 Å². The maximum absolute atomic E-state index is 11.7. The molecule has 0 saturated carbocycles. The smallest absolute Gasteiger partial charge is 0.326 e. The Kier molecular flexibility index (Phi) is 7.15. The summed E-state index contributed by atoms with van der Waals surface area (Å²) >= 11 is 0. The summed E-state index contributed by atoms with van der Waals surface area (Å²) in [6.45, 7) is 8.46. The van der Waals surface area contributed by atoms with E-state index in [1.165, 1.54) is 0 Å². The van der Waals surface area contributed by atoms with Gasteiger partial charge in [-0.3, -0.25) is 0 Å². The van der Waals surface area contributed by atoms with Crippen LogP contribution in [0.1, 0.15) is 34.1 Å². The van der Waals surface area contributed by atoms with Crippen LogP contribution in [0.25, 0.3) is 0 Å². The summed E-state index contributed by atoms with van der Waals surface area (Å²) in [4.78, 5) is 22.7. The molecule has 8 heteroatoms. The molecule has 0 fully saturated rings. The molecule has 21 heavy (non-hydrogen) atoms. The summed E-state index contributed by atoms with van der Waals surface area (Å²) in [5.41, 5.74) is -0.122. The number of carboxylic acid groups (broad SMARTS) is 1. The van der Waals surface area contributed by atoms with Crippen molar-refractivity contribution in [2.45, 2.75) is 40.2 Å². The van der Waals surface area contributed by atoms with Crippen LogP contribution < -0.4 is 10.6 Å². The van der Waals surface area contributed by atoms with Gasteiger partial charge in [0, 0.05) is 12.8 Å². The van der Waals surface area contributed by atoms with E-state index in [2.05, 4.69) is 10.6 Å². The summed E-state index contributed by atoms with van der Waals surface area (Å²) in [5.74, 6) is -1.20. The molecule has 0 aliphatic rings. The van der Waals surface area contributed by atoms with Crippen LogP contribution in [0.3, 0.4) is 0 Å². The van der Waals surface area contributed by atoms with Crippen molar-refractivity contribution < 1.29 is 23.1 Å². The molecule has 2 amide bonds. The monoisotopic (exact) mass is 322 g/mol. The zero-order valence-corrected chi connectivity index (χ0v) is 14.1. The van der Waals surface area contributed by atoms with Crippen molar-refractivity contribution in [2.75, 3.05) is 18.6 Å². The van der Waals surface area contributed by atoms with E-state index in [0.29, 0.717) is 12.5 Å². The molecule has 0 radical (unpaired) electrons. The first-order valence-electron chi connectivity index (χ1n) is 6.80. The molecule has 0 bridgehead atoms. The van der Waals surface area contributed by atoms with E-state index >= 15 is 0 Å². The standard InChI is InChI=1S/C13H26N2O5S/c1-9(2)13(3,4)8-14-12(18)15-10(11(16)17)6-7-21(5,19)20/h9-10H,6-8H2,1-5H3,(H,16,17)(H2,14,15,18). The van der Waals surface area contributed by atoms with Gasteiger partial charge in [0.2, 0.25) is 0 Å². The van der Waals surface area contributed by atoms with E-state index in [1.54, 1.807) is 0 Å². The molecule has 7 nitrogen and oxygen atoms in total. The number of amides is 2. The van der Waals surface area contributed by atoms with E-state index in [-0.39, 0.29) is 17.6 Å². The Morgan fingerprint density at radius 2 is 1.76 bits per heavy atom. The lowest BCUT2D eigenvalue weighted by Crippen LogP contribution is -2.49. The van der Waals surface area contributed by atoms with Crippen molar-refractivity contribution in [2.24, 2.45) is 11.3 Å². The molecule has 0 aromatic rings. The number of carbonyl (C=O) groups excluding carboxylic acids is 1. The first kappa shape index (κ1) is 19.7. The number of carboxylic acids is 1. The third kappa shape index (κ3) is 8.54. The van der Waals surface area contributed by atoms with E-state index in [9.17, 15) is 18.0 Å². The topological polar surface area (TPSA) is 113 Å². The molecule has 3 N–H and O–H groups in total. The average Bonchev–Trinajstić information content (AvgIpc) is 2.30. The minimum Gasteiger partial charge on any atom is -0.480 e. The number of nitrogens with one attached hydrogen (secondary N) is 2. The summed E-state index contributed by atoms with van der Waals surface area (Å²) in [5, 5.41) is 13.9. The average molecular weight is 322 g/mol. The Hall–Kier alpha value is -1.31. The second kappa shape index (κ2) is 7.63. The number of hydrogen-bond donors (Lipinski definition) is 3. The van der Waals surface area contributed by atoms with Crippen LogP contribution in [-0.4, -0.2) is 50.1 Å². The lowest BCUT2D eigenvalue weighted by molar-refractivity contribution is -0.139. The van der Waals surface area contributed by atoms with Crippen LogP contribution in [0.15, 0.2) is 0 Å². The van der Waals surface area contributed by atoms with Crippen molar-refractivity contribution in [1.82, 2.24) is 10.6 Å². The fourth-order valence-corrected chi connectivity index (χ4v) is 1.97. The summed E-state index contributed by atoms with van der Waals surface area (Å²) in [7, 11) is -3.27. The molecule has 0 heterocycles. The third-order valence-electron chi connectivity index (χ3n) is 3.65. The molecular formula is C13H26N2O5S. The normalized spacial score (nSPS) is 13.8. The van der Waals surface area contributed by atoms with Crippen LogP contribution in [0.4, 0.5) is 4.79 Å². The van der Waals surface area contributed by atoms with E-state index < -0.39 is 27.9 Å². The van der Waals surface area contributed by atoms with Gasteiger partial charge in [0.1, 0.15) is 15.9 Å². The second-order valence-electron chi connectivity index (χ2n) is 6.28. The van der Waals surface area contributed by atoms with Crippen LogP contribution in [0, 0.1) is 11.3 Å². The van der Waals surface area contributed by atoms with Gasteiger partial charge in [-0.25, -0.2) is 18.0 Å². The SMILES string of the molecule is CC(C)C(C)(C)CNC(=O)NC(CCS(C)(=O)=O)C(=O)O. The minimum absolute atomic E-state index is 0.122. The third-order valence-corrected chi connectivity index (χ3v) is 4.63. The number of urea groups is 1. The van der Waals surface area contributed by atoms with Gasteiger partial charge >= 0.3 is 12.0 Å². The van der Waals surface area contributed by atoms with E-state index in [0.717, 1.165) is 6.26 Å². The highest BCUT2D eigenvalue weighted by Gasteiger charge is 2.25. The van der Waals surface area contributed by atoms with Gasteiger partial charge in [0.05, 0.1) is 5.75 Å². The number of rotatable bonds is 8. The number of sulfone groups is 1. The van der Waals surface area contributed by atoms with Gasteiger partial charge < -0.3 is 15.7 Å². The second-order valence-corrected chi connectivity index (χ2v) is 8.54. The molecule has 124 valence electrons. The fourth-order valence-electron chi connectivity index (χ4n) is 1.31. The van der Waals surface area contributed by atoms with E-state index in [1.807, 2.05) is 27.7 Å². The predicted octanol–water partition coefficient (Wildman–Crippen LogP) is 0.856. The molecule has 0 aromatic heterocycles. The highest BCUT2D eigenvalue weighted by atomic mass is 32.2. The lowest BCUT2D eigenvalue weighted by atomic mass is 9.81. The first-order chi connectivity index (χ1) is 9.35. The number of aliphatic carboxylic acids is 1. The van der Waals surface area contributed by atoms with Crippen LogP contribution in [0.5, 0.6) is 0 Å². The molecule has 0 saturated heterocycles. The van der Waals surface area contributed by atoms with Gasteiger partial charge in [-0.2, -0.15) is 0 Å². The Labute approximate surface area is 126 Å². The zero-order valence-electron chi connectivity index (χ0n) is 13.3. The van der Waals surface area contributed by atoms with Gasteiger partial charge in [-0.15, -0.1) is 0 Å².